The first-order valence-corrected chi connectivity index (χ1v) is 7.83. The Morgan fingerprint density at radius 1 is 1.00 bits per heavy atom. The SMILES string of the molecule is CCCCCCCCCCC(N)C1CC1(C)C. The van der Waals surface area contributed by atoms with Crippen LogP contribution in [0, 0.1) is 11.3 Å². The number of hydrogen-bond acceptors (Lipinski definition) is 1. The highest BCUT2D eigenvalue weighted by Crippen LogP contribution is 2.53. The molecular weight excluding hydrogens is 206 g/mol. The molecule has 0 saturated heterocycles. The molecule has 2 unspecified atom stereocenters. The third kappa shape index (κ3) is 5.90. The summed E-state index contributed by atoms with van der Waals surface area (Å²) >= 11 is 0. The van der Waals surface area contributed by atoms with Crippen LogP contribution in [0.1, 0.15) is 85.0 Å². The number of hydrogen-bond donors (Lipinski definition) is 1. The summed E-state index contributed by atoms with van der Waals surface area (Å²) in [4.78, 5) is 0. The molecule has 1 rings (SSSR count). The van der Waals surface area contributed by atoms with Crippen molar-refractivity contribution in [3.8, 4) is 0 Å². The third-order valence-electron chi connectivity index (χ3n) is 4.50. The minimum absolute atomic E-state index is 0.477. The topological polar surface area (TPSA) is 26.0 Å². The smallest absolute Gasteiger partial charge is 0.00724 e. The molecule has 0 amide bonds. The van der Waals surface area contributed by atoms with Crippen LogP contribution in [0.4, 0.5) is 0 Å². The summed E-state index contributed by atoms with van der Waals surface area (Å²) in [6.07, 6.45) is 13.9. The first kappa shape index (κ1) is 15.0. The lowest BCUT2D eigenvalue weighted by Crippen LogP contribution is -2.24. The molecule has 0 radical (unpaired) electrons. The molecule has 2 atom stereocenters. The van der Waals surface area contributed by atoms with E-state index in [9.17, 15) is 0 Å². The Kier molecular flexibility index (Phi) is 6.54. The van der Waals surface area contributed by atoms with E-state index in [0.717, 1.165) is 5.92 Å². The van der Waals surface area contributed by atoms with Crippen LogP contribution in [0.3, 0.4) is 0 Å². The van der Waals surface area contributed by atoms with Gasteiger partial charge in [0.2, 0.25) is 0 Å². The van der Waals surface area contributed by atoms with Crippen molar-refractivity contribution in [3.05, 3.63) is 0 Å². The van der Waals surface area contributed by atoms with Gasteiger partial charge in [-0.15, -0.1) is 0 Å². The van der Waals surface area contributed by atoms with E-state index in [1.54, 1.807) is 0 Å². The Morgan fingerprint density at radius 2 is 1.47 bits per heavy atom. The molecular formula is C16H33N. The molecule has 17 heavy (non-hydrogen) atoms. The van der Waals surface area contributed by atoms with Gasteiger partial charge in [-0.25, -0.2) is 0 Å². The van der Waals surface area contributed by atoms with Gasteiger partial charge in [-0.2, -0.15) is 0 Å². The summed E-state index contributed by atoms with van der Waals surface area (Å²) in [6.45, 7) is 6.98. The van der Waals surface area contributed by atoms with E-state index in [-0.39, 0.29) is 0 Å². The van der Waals surface area contributed by atoms with E-state index >= 15 is 0 Å². The standard InChI is InChI=1S/C16H33N/c1-4-5-6-7-8-9-10-11-12-15(17)14-13-16(14,2)3/h14-15H,4-13,17H2,1-3H3. The van der Waals surface area contributed by atoms with Crippen molar-refractivity contribution >= 4 is 0 Å². The largest absolute Gasteiger partial charge is 0.327 e. The van der Waals surface area contributed by atoms with Gasteiger partial charge in [-0.05, 0) is 24.2 Å². The second kappa shape index (κ2) is 7.41. The zero-order valence-corrected chi connectivity index (χ0v) is 12.3. The molecule has 1 nitrogen and oxygen atoms in total. The summed E-state index contributed by atoms with van der Waals surface area (Å²) in [7, 11) is 0. The minimum Gasteiger partial charge on any atom is -0.327 e. The second-order valence-corrected chi connectivity index (χ2v) is 6.73. The van der Waals surface area contributed by atoms with Crippen molar-refractivity contribution in [2.75, 3.05) is 0 Å². The third-order valence-corrected chi connectivity index (χ3v) is 4.50. The quantitative estimate of drug-likeness (QED) is 0.540. The Labute approximate surface area is 109 Å². The summed E-state index contributed by atoms with van der Waals surface area (Å²) in [5, 5.41) is 0. The fourth-order valence-corrected chi connectivity index (χ4v) is 2.95. The Morgan fingerprint density at radius 3 is 1.94 bits per heavy atom. The second-order valence-electron chi connectivity index (χ2n) is 6.73. The highest BCUT2D eigenvalue weighted by atomic mass is 14.7. The van der Waals surface area contributed by atoms with Gasteiger partial charge < -0.3 is 5.73 Å². The molecule has 1 aliphatic rings. The van der Waals surface area contributed by atoms with Crippen LogP contribution in [0.2, 0.25) is 0 Å². The molecule has 0 spiro atoms. The predicted octanol–water partition coefficient (Wildman–Crippen LogP) is 4.89. The van der Waals surface area contributed by atoms with E-state index in [2.05, 4.69) is 20.8 Å². The van der Waals surface area contributed by atoms with Crippen molar-refractivity contribution in [2.24, 2.45) is 17.1 Å². The van der Waals surface area contributed by atoms with Gasteiger partial charge in [0, 0.05) is 6.04 Å². The van der Waals surface area contributed by atoms with E-state index in [0.29, 0.717) is 11.5 Å². The van der Waals surface area contributed by atoms with Gasteiger partial charge in [0.25, 0.3) is 0 Å². The number of rotatable bonds is 10. The molecule has 1 heteroatoms. The fraction of sp³-hybridized carbons (Fsp3) is 1.00. The van der Waals surface area contributed by atoms with E-state index in [1.165, 1.54) is 64.2 Å². The van der Waals surface area contributed by atoms with E-state index in [4.69, 9.17) is 5.73 Å². The summed E-state index contributed by atoms with van der Waals surface area (Å²) in [6, 6.07) is 0.477. The van der Waals surface area contributed by atoms with Crippen molar-refractivity contribution < 1.29 is 0 Å². The van der Waals surface area contributed by atoms with Gasteiger partial charge >= 0.3 is 0 Å². The zero-order chi connectivity index (χ0) is 12.7. The zero-order valence-electron chi connectivity index (χ0n) is 12.3. The molecule has 1 aliphatic carbocycles. The summed E-state index contributed by atoms with van der Waals surface area (Å²) in [5.41, 5.74) is 6.79. The maximum atomic E-state index is 6.24. The molecule has 0 aromatic carbocycles. The lowest BCUT2D eigenvalue weighted by atomic mass is 9.99. The van der Waals surface area contributed by atoms with Gasteiger partial charge in [0.1, 0.15) is 0 Å². The maximum absolute atomic E-state index is 6.24. The van der Waals surface area contributed by atoms with Crippen LogP contribution in [0.25, 0.3) is 0 Å². The van der Waals surface area contributed by atoms with Crippen LogP contribution in [-0.2, 0) is 0 Å². The molecule has 0 aromatic rings. The van der Waals surface area contributed by atoms with Crippen molar-refractivity contribution in [3.63, 3.8) is 0 Å². The van der Waals surface area contributed by atoms with E-state index in [1.807, 2.05) is 0 Å². The van der Waals surface area contributed by atoms with Crippen LogP contribution >= 0.6 is 0 Å². The first-order chi connectivity index (χ1) is 8.08. The molecule has 0 aromatic heterocycles. The first-order valence-electron chi connectivity index (χ1n) is 7.83. The predicted molar refractivity (Wildman–Crippen MR) is 77.1 cm³/mol. The number of unbranched alkanes of at least 4 members (excludes halogenated alkanes) is 7. The maximum Gasteiger partial charge on any atom is 0.00724 e. The monoisotopic (exact) mass is 239 g/mol. The minimum atomic E-state index is 0.477. The summed E-state index contributed by atoms with van der Waals surface area (Å²) < 4.78 is 0. The van der Waals surface area contributed by atoms with Crippen LogP contribution in [0.15, 0.2) is 0 Å². The highest BCUT2D eigenvalue weighted by Gasteiger charge is 2.48. The van der Waals surface area contributed by atoms with Crippen LogP contribution < -0.4 is 5.73 Å². The molecule has 0 heterocycles. The Bertz CT molecular complexity index is 198. The average molecular weight is 239 g/mol. The van der Waals surface area contributed by atoms with Crippen LogP contribution in [-0.4, -0.2) is 6.04 Å². The number of nitrogens with two attached hydrogens (primary N) is 1. The molecule has 2 N–H and O–H groups in total. The molecule has 1 fully saturated rings. The van der Waals surface area contributed by atoms with Gasteiger partial charge in [-0.3, -0.25) is 0 Å². The molecule has 0 aliphatic heterocycles. The fourth-order valence-electron chi connectivity index (χ4n) is 2.95. The normalized spacial score (nSPS) is 23.6. The molecule has 102 valence electrons. The molecule has 1 saturated carbocycles. The lowest BCUT2D eigenvalue weighted by Gasteiger charge is -2.13. The lowest BCUT2D eigenvalue weighted by molar-refractivity contribution is 0.437. The van der Waals surface area contributed by atoms with Gasteiger partial charge in [0.05, 0.1) is 0 Å². The Hall–Kier alpha value is -0.0400. The Balaban J connectivity index is 1.84. The highest BCUT2D eigenvalue weighted by molar-refractivity contribution is 5.00. The van der Waals surface area contributed by atoms with Gasteiger partial charge in [-0.1, -0.05) is 72.1 Å². The van der Waals surface area contributed by atoms with E-state index < -0.39 is 0 Å². The summed E-state index contributed by atoms with van der Waals surface area (Å²) in [5.74, 6) is 0.812. The van der Waals surface area contributed by atoms with Gasteiger partial charge in [0.15, 0.2) is 0 Å². The van der Waals surface area contributed by atoms with Crippen molar-refractivity contribution in [1.82, 2.24) is 0 Å². The van der Waals surface area contributed by atoms with Crippen LogP contribution in [0.5, 0.6) is 0 Å². The average Bonchev–Trinajstić information content (AvgIpc) is 2.91. The van der Waals surface area contributed by atoms with Crippen molar-refractivity contribution in [1.29, 1.82) is 0 Å². The molecule has 0 bridgehead atoms. The van der Waals surface area contributed by atoms with Crippen molar-refractivity contribution in [2.45, 2.75) is 91.0 Å².